The Morgan fingerprint density at radius 1 is 1.07 bits per heavy atom. The molecule has 0 spiro atoms. The van der Waals surface area contributed by atoms with Crippen LogP contribution in [0.3, 0.4) is 0 Å². The van der Waals surface area contributed by atoms with Crippen molar-refractivity contribution >= 4 is 44.2 Å². The fourth-order valence-corrected chi connectivity index (χ4v) is 3.68. The summed E-state index contributed by atoms with van der Waals surface area (Å²) < 4.78 is 2.13. The van der Waals surface area contributed by atoms with Gasteiger partial charge in [-0.1, -0.05) is 51.8 Å². The minimum atomic E-state index is -0.324. The Kier molecular flexibility index (Phi) is 5.92. The molecule has 0 unspecified atom stereocenters. The second-order valence-corrected chi connectivity index (χ2v) is 7.91. The topological polar surface area (TPSA) is 76.9 Å². The minimum absolute atomic E-state index is 0.144. The van der Waals surface area contributed by atoms with E-state index in [1.807, 2.05) is 30.3 Å². The molecule has 6 nitrogen and oxygen atoms in total. The molecule has 0 aliphatic carbocycles. The van der Waals surface area contributed by atoms with E-state index in [9.17, 15) is 9.59 Å². The van der Waals surface area contributed by atoms with Gasteiger partial charge in [-0.05, 0) is 36.4 Å². The lowest BCUT2D eigenvalue weighted by Crippen LogP contribution is -2.29. The highest BCUT2D eigenvalue weighted by Crippen LogP contribution is 2.21. The van der Waals surface area contributed by atoms with Gasteiger partial charge in [-0.25, -0.2) is 4.68 Å². The fraction of sp³-hybridized carbons (Fsp3) is 0.0909. The van der Waals surface area contributed by atoms with Crippen LogP contribution >= 0.6 is 27.5 Å². The van der Waals surface area contributed by atoms with Crippen LogP contribution in [-0.2, 0) is 13.1 Å². The summed E-state index contributed by atoms with van der Waals surface area (Å²) in [6, 6.07) is 17.8. The lowest BCUT2D eigenvalue weighted by Gasteiger charge is -2.12. The first-order chi connectivity index (χ1) is 14.5. The van der Waals surface area contributed by atoms with Crippen molar-refractivity contribution in [2.75, 3.05) is 0 Å². The molecule has 30 heavy (non-hydrogen) atoms. The van der Waals surface area contributed by atoms with E-state index in [-0.39, 0.29) is 24.6 Å². The van der Waals surface area contributed by atoms with Crippen molar-refractivity contribution in [3.63, 3.8) is 0 Å². The monoisotopic (exact) mass is 482 g/mol. The second kappa shape index (κ2) is 8.77. The zero-order valence-electron chi connectivity index (χ0n) is 15.7. The SMILES string of the molecule is O=C(NCc1nn(Cc2ccccn2)c(=O)c2ccccc12)c1cc(Br)ccc1Cl. The minimum Gasteiger partial charge on any atom is -0.346 e. The van der Waals surface area contributed by atoms with Gasteiger partial charge in [0.05, 0.1) is 40.4 Å². The molecule has 2 aromatic heterocycles. The summed E-state index contributed by atoms with van der Waals surface area (Å²) in [7, 11) is 0. The van der Waals surface area contributed by atoms with E-state index in [0.29, 0.717) is 27.1 Å². The Labute approximate surface area is 185 Å². The van der Waals surface area contributed by atoms with E-state index in [0.717, 1.165) is 10.2 Å². The maximum Gasteiger partial charge on any atom is 0.275 e. The molecule has 0 fully saturated rings. The number of carbonyl (C=O) groups is 1. The first kappa shape index (κ1) is 20.3. The third-order valence-corrected chi connectivity index (χ3v) is 5.39. The highest BCUT2D eigenvalue weighted by molar-refractivity contribution is 9.10. The van der Waals surface area contributed by atoms with Crippen LogP contribution < -0.4 is 10.9 Å². The van der Waals surface area contributed by atoms with E-state index in [1.165, 1.54) is 4.68 Å². The van der Waals surface area contributed by atoms with Crippen molar-refractivity contribution in [1.82, 2.24) is 20.1 Å². The van der Waals surface area contributed by atoms with Crippen LogP contribution in [-0.4, -0.2) is 20.7 Å². The van der Waals surface area contributed by atoms with Gasteiger partial charge in [0.25, 0.3) is 11.5 Å². The number of hydrogen-bond acceptors (Lipinski definition) is 4. The zero-order valence-corrected chi connectivity index (χ0v) is 18.0. The van der Waals surface area contributed by atoms with Crippen molar-refractivity contribution in [1.29, 1.82) is 0 Å². The van der Waals surface area contributed by atoms with E-state index in [1.54, 1.807) is 36.5 Å². The predicted octanol–water partition coefficient (Wildman–Crippen LogP) is 4.19. The third-order valence-electron chi connectivity index (χ3n) is 4.57. The Morgan fingerprint density at radius 3 is 2.60 bits per heavy atom. The summed E-state index contributed by atoms with van der Waals surface area (Å²) in [6.07, 6.45) is 1.67. The molecule has 0 saturated carbocycles. The number of carbonyl (C=O) groups excluding carboxylic acids is 1. The Bertz CT molecular complexity index is 1290. The van der Waals surface area contributed by atoms with Crippen LogP contribution in [0.25, 0.3) is 10.8 Å². The molecule has 0 atom stereocenters. The number of fused-ring (bicyclic) bond motifs is 1. The highest BCUT2D eigenvalue weighted by Gasteiger charge is 2.14. The molecular weight excluding hydrogens is 468 g/mol. The molecule has 4 rings (SSSR count). The Balaban J connectivity index is 1.67. The quantitative estimate of drug-likeness (QED) is 0.462. The maximum atomic E-state index is 12.9. The number of hydrogen-bond donors (Lipinski definition) is 1. The van der Waals surface area contributed by atoms with Crippen molar-refractivity contribution in [3.05, 3.63) is 104 Å². The van der Waals surface area contributed by atoms with Gasteiger partial charge in [0.1, 0.15) is 0 Å². The number of aromatic nitrogens is 3. The molecule has 0 saturated heterocycles. The van der Waals surface area contributed by atoms with Crippen LogP contribution in [0.15, 0.2) is 76.1 Å². The van der Waals surface area contributed by atoms with Crippen LogP contribution in [0.4, 0.5) is 0 Å². The van der Waals surface area contributed by atoms with Crippen molar-refractivity contribution < 1.29 is 4.79 Å². The molecule has 0 bridgehead atoms. The lowest BCUT2D eigenvalue weighted by atomic mass is 10.1. The first-order valence-corrected chi connectivity index (χ1v) is 10.3. The molecule has 4 aromatic rings. The first-order valence-electron chi connectivity index (χ1n) is 9.15. The van der Waals surface area contributed by atoms with E-state index in [2.05, 4.69) is 31.3 Å². The van der Waals surface area contributed by atoms with E-state index < -0.39 is 0 Å². The number of nitrogens with zero attached hydrogens (tertiary/aromatic N) is 3. The number of halogens is 2. The van der Waals surface area contributed by atoms with Gasteiger partial charge in [-0.3, -0.25) is 14.6 Å². The molecule has 2 aromatic carbocycles. The molecule has 2 heterocycles. The molecule has 1 N–H and O–H groups in total. The van der Waals surface area contributed by atoms with Gasteiger partial charge in [0.2, 0.25) is 0 Å². The zero-order chi connectivity index (χ0) is 21.1. The molecule has 0 aliphatic rings. The van der Waals surface area contributed by atoms with Crippen molar-refractivity contribution in [2.24, 2.45) is 0 Å². The molecule has 0 radical (unpaired) electrons. The number of rotatable bonds is 5. The third kappa shape index (κ3) is 4.27. The summed E-state index contributed by atoms with van der Waals surface area (Å²) in [6.45, 7) is 0.383. The van der Waals surface area contributed by atoms with Gasteiger partial charge < -0.3 is 5.32 Å². The fourth-order valence-electron chi connectivity index (χ4n) is 3.12. The van der Waals surface area contributed by atoms with Gasteiger partial charge in [-0.15, -0.1) is 0 Å². The maximum absolute atomic E-state index is 12.9. The van der Waals surface area contributed by atoms with E-state index >= 15 is 0 Å². The van der Waals surface area contributed by atoms with Gasteiger partial charge >= 0.3 is 0 Å². The van der Waals surface area contributed by atoms with Crippen LogP contribution in [0, 0.1) is 0 Å². The molecular formula is C22H16BrClN4O2. The van der Waals surface area contributed by atoms with Crippen molar-refractivity contribution in [2.45, 2.75) is 13.1 Å². The smallest absolute Gasteiger partial charge is 0.275 e. The van der Waals surface area contributed by atoms with E-state index in [4.69, 9.17) is 11.6 Å². The summed E-state index contributed by atoms with van der Waals surface area (Å²) in [5, 5.41) is 8.94. The Morgan fingerprint density at radius 2 is 1.83 bits per heavy atom. The Hall–Kier alpha value is -3.03. The lowest BCUT2D eigenvalue weighted by molar-refractivity contribution is 0.0950. The summed E-state index contributed by atoms with van der Waals surface area (Å²) >= 11 is 9.50. The summed E-state index contributed by atoms with van der Waals surface area (Å²) in [5.74, 6) is -0.324. The predicted molar refractivity (Wildman–Crippen MR) is 120 cm³/mol. The van der Waals surface area contributed by atoms with Crippen LogP contribution in [0.1, 0.15) is 21.7 Å². The van der Waals surface area contributed by atoms with Gasteiger partial charge in [-0.2, -0.15) is 5.10 Å². The van der Waals surface area contributed by atoms with Crippen LogP contribution in [0.2, 0.25) is 5.02 Å². The van der Waals surface area contributed by atoms with Gasteiger partial charge in [0, 0.05) is 16.1 Å². The van der Waals surface area contributed by atoms with Crippen LogP contribution in [0.5, 0.6) is 0 Å². The largest absolute Gasteiger partial charge is 0.346 e. The summed E-state index contributed by atoms with van der Waals surface area (Å²) in [5.41, 5.74) is 1.46. The molecule has 8 heteroatoms. The molecule has 150 valence electrons. The van der Waals surface area contributed by atoms with Crippen molar-refractivity contribution in [3.8, 4) is 0 Å². The highest BCUT2D eigenvalue weighted by atomic mass is 79.9. The number of nitrogens with one attached hydrogen (secondary N) is 1. The standard InChI is InChI=1S/C22H16BrClN4O2/c23-14-8-9-19(24)18(11-14)21(29)26-12-20-16-6-1-2-7-17(16)22(30)28(27-20)13-15-5-3-4-10-25-15/h1-11H,12-13H2,(H,26,29). The molecule has 0 aliphatic heterocycles. The van der Waals surface area contributed by atoms with Gasteiger partial charge in [0.15, 0.2) is 0 Å². The number of pyridine rings is 1. The number of amides is 1. The average Bonchev–Trinajstić information content (AvgIpc) is 2.77. The average molecular weight is 484 g/mol. The number of benzene rings is 2. The summed E-state index contributed by atoms with van der Waals surface area (Å²) in [4.78, 5) is 29.8. The molecule has 1 amide bonds. The normalized spacial score (nSPS) is 10.9. The second-order valence-electron chi connectivity index (χ2n) is 6.58.